The molecule has 1 aromatic rings. The average molecular weight is 390 g/mol. The molecule has 0 radical (unpaired) electrons. The zero-order valence-corrected chi connectivity index (χ0v) is 16.4. The summed E-state index contributed by atoms with van der Waals surface area (Å²) in [5, 5.41) is 9.64. The molecule has 4 saturated carbocycles. The van der Waals surface area contributed by atoms with E-state index in [2.05, 4.69) is 16.0 Å². The standard InChI is InChI=1S/C21H28ClN3O2/c22-18-3-1-2-14(9-18)13-24-19(26)4-5-23-20(27)25-21-10-15-6-16(11-21)8-17(7-15)12-21/h1-3,9,15-17H,4-8,10-13H2,(H,24,26)(H2,23,25,27). The number of carbonyl (C=O) groups excluding carboxylic acids is 2. The van der Waals surface area contributed by atoms with Gasteiger partial charge in [0.05, 0.1) is 0 Å². The molecule has 0 aromatic heterocycles. The summed E-state index contributed by atoms with van der Waals surface area (Å²) >= 11 is 5.94. The Morgan fingerprint density at radius 3 is 2.33 bits per heavy atom. The number of hydrogen-bond donors (Lipinski definition) is 3. The molecule has 0 atom stereocenters. The molecular weight excluding hydrogens is 362 g/mol. The fourth-order valence-corrected chi connectivity index (χ4v) is 5.99. The molecule has 4 aliphatic rings. The van der Waals surface area contributed by atoms with Crippen molar-refractivity contribution in [2.75, 3.05) is 6.54 Å². The maximum Gasteiger partial charge on any atom is 0.315 e. The third-order valence-electron chi connectivity index (χ3n) is 6.43. The lowest BCUT2D eigenvalue weighted by molar-refractivity contribution is -0.121. The molecule has 146 valence electrons. The normalized spacial score (nSPS) is 30.8. The minimum Gasteiger partial charge on any atom is -0.352 e. The van der Waals surface area contributed by atoms with E-state index in [1.807, 2.05) is 18.2 Å². The van der Waals surface area contributed by atoms with Gasteiger partial charge < -0.3 is 16.0 Å². The first-order valence-corrected chi connectivity index (χ1v) is 10.4. The molecule has 0 aliphatic heterocycles. The van der Waals surface area contributed by atoms with Gasteiger partial charge >= 0.3 is 6.03 Å². The van der Waals surface area contributed by atoms with Gasteiger partial charge in [0.1, 0.15) is 0 Å². The SMILES string of the molecule is O=C(CCNC(=O)NC12CC3CC(CC(C3)C1)C2)NCc1cccc(Cl)c1. The van der Waals surface area contributed by atoms with Crippen molar-refractivity contribution in [2.24, 2.45) is 17.8 Å². The van der Waals surface area contributed by atoms with Crippen LogP contribution in [-0.4, -0.2) is 24.0 Å². The van der Waals surface area contributed by atoms with Gasteiger partial charge in [-0.25, -0.2) is 4.79 Å². The molecule has 3 N–H and O–H groups in total. The van der Waals surface area contributed by atoms with E-state index in [9.17, 15) is 9.59 Å². The van der Waals surface area contributed by atoms with Crippen LogP contribution >= 0.6 is 11.6 Å². The van der Waals surface area contributed by atoms with Gasteiger partial charge in [0.25, 0.3) is 0 Å². The number of amides is 3. The van der Waals surface area contributed by atoms with Crippen LogP contribution in [0.1, 0.15) is 50.5 Å². The summed E-state index contributed by atoms with van der Waals surface area (Å²) in [6, 6.07) is 7.29. The first kappa shape index (κ1) is 18.6. The molecule has 4 bridgehead atoms. The molecule has 4 fully saturated rings. The van der Waals surface area contributed by atoms with Crippen molar-refractivity contribution in [3.8, 4) is 0 Å². The van der Waals surface area contributed by atoms with E-state index >= 15 is 0 Å². The molecule has 1 aromatic carbocycles. The Bertz CT molecular complexity index is 686. The van der Waals surface area contributed by atoms with Crippen LogP contribution in [-0.2, 0) is 11.3 Å². The lowest BCUT2D eigenvalue weighted by atomic mass is 9.53. The number of benzene rings is 1. The number of urea groups is 1. The predicted octanol–water partition coefficient (Wildman–Crippen LogP) is 3.61. The quantitative estimate of drug-likeness (QED) is 0.695. The van der Waals surface area contributed by atoms with Crippen LogP contribution in [0.5, 0.6) is 0 Å². The topological polar surface area (TPSA) is 70.2 Å². The minimum absolute atomic E-state index is 0.00761. The highest BCUT2D eigenvalue weighted by Gasteiger charge is 2.51. The van der Waals surface area contributed by atoms with E-state index in [0.29, 0.717) is 18.1 Å². The van der Waals surface area contributed by atoms with Gasteiger partial charge in [0, 0.05) is 30.1 Å². The molecule has 3 amide bonds. The van der Waals surface area contributed by atoms with Crippen molar-refractivity contribution in [2.45, 2.75) is 57.0 Å². The van der Waals surface area contributed by atoms with Gasteiger partial charge in [-0.15, -0.1) is 0 Å². The second-order valence-electron chi connectivity index (χ2n) is 8.74. The Balaban J connectivity index is 1.17. The van der Waals surface area contributed by atoms with Gasteiger partial charge in [0.2, 0.25) is 5.91 Å². The van der Waals surface area contributed by atoms with Crippen molar-refractivity contribution in [1.29, 1.82) is 0 Å². The lowest BCUT2D eigenvalue weighted by Crippen LogP contribution is -2.61. The molecule has 0 heterocycles. The smallest absolute Gasteiger partial charge is 0.315 e. The predicted molar refractivity (Wildman–Crippen MR) is 105 cm³/mol. The fraction of sp³-hybridized carbons (Fsp3) is 0.619. The van der Waals surface area contributed by atoms with Crippen LogP contribution in [0.15, 0.2) is 24.3 Å². The van der Waals surface area contributed by atoms with Crippen molar-refractivity contribution in [3.05, 3.63) is 34.9 Å². The zero-order valence-electron chi connectivity index (χ0n) is 15.6. The van der Waals surface area contributed by atoms with Crippen LogP contribution < -0.4 is 16.0 Å². The largest absolute Gasteiger partial charge is 0.352 e. The molecule has 0 saturated heterocycles. The Morgan fingerprint density at radius 2 is 1.70 bits per heavy atom. The van der Waals surface area contributed by atoms with Crippen LogP contribution in [0.3, 0.4) is 0 Å². The summed E-state index contributed by atoms with van der Waals surface area (Å²) in [6.45, 7) is 0.790. The summed E-state index contributed by atoms with van der Waals surface area (Å²) in [5.74, 6) is 2.32. The van der Waals surface area contributed by atoms with Crippen LogP contribution in [0.4, 0.5) is 4.79 Å². The summed E-state index contributed by atoms with van der Waals surface area (Å²) in [7, 11) is 0. The maximum atomic E-state index is 12.4. The van der Waals surface area contributed by atoms with Gasteiger partial charge in [-0.05, 0) is 74.0 Å². The highest BCUT2D eigenvalue weighted by atomic mass is 35.5. The zero-order chi connectivity index (χ0) is 18.9. The summed E-state index contributed by atoms with van der Waals surface area (Å²) in [4.78, 5) is 24.3. The number of rotatable bonds is 6. The van der Waals surface area contributed by atoms with Gasteiger partial charge in [-0.2, -0.15) is 0 Å². The number of carbonyl (C=O) groups is 2. The molecule has 5 nitrogen and oxygen atoms in total. The third-order valence-corrected chi connectivity index (χ3v) is 6.67. The van der Waals surface area contributed by atoms with Gasteiger partial charge in [0.15, 0.2) is 0 Å². The molecule has 27 heavy (non-hydrogen) atoms. The highest BCUT2D eigenvalue weighted by molar-refractivity contribution is 6.30. The molecule has 6 heteroatoms. The highest BCUT2D eigenvalue weighted by Crippen LogP contribution is 2.55. The second-order valence-corrected chi connectivity index (χ2v) is 9.17. The number of halogens is 1. The Labute approximate surface area is 165 Å². The Morgan fingerprint density at radius 1 is 1.04 bits per heavy atom. The second kappa shape index (κ2) is 7.70. The first-order valence-electron chi connectivity index (χ1n) is 10.1. The molecular formula is C21H28ClN3O2. The maximum absolute atomic E-state index is 12.4. The van der Waals surface area contributed by atoms with Gasteiger partial charge in [-0.1, -0.05) is 23.7 Å². The minimum atomic E-state index is -0.125. The van der Waals surface area contributed by atoms with E-state index < -0.39 is 0 Å². The first-order chi connectivity index (χ1) is 13.0. The molecule has 0 spiro atoms. The van der Waals surface area contributed by atoms with Gasteiger partial charge in [-0.3, -0.25) is 4.79 Å². The molecule has 4 aliphatic carbocycles. The van der Waals surface area contributed by atoms with E-state index in [1.165, 1.54) is 19.3 Å². The number of nitrogens with one attached hydrogen (secondary N) is 3. The fourth-order valence-electron chi connectivity index (χ4n) is 5.77. The van der Waals surface area contributed by atoms with Crippen LogP contribution in [0.25, 0.3) is 0 Å². The van der Waals surface area contributed by atoms with E-state index in [-0.39, 0.29) is 23.9 Å². The lowest BCUT2D eigenvalue weighted by Gasteiger charge is -2.56. The van der Waals surface area contributed by atoms with E-state index in [4.69, 9.17) is 11.6 Å². The number of hydrogen-bond acceptors (Lipinski definition) is 2. The summed E-state index contributed by atoms with van der Waals surface area (Å²) in [5.41, 5.74) is 0.969. The third kappa shape index (κ3) is 4.57. The van der Waals surface area contributed by atoms with E-state index in [0.717, 1.165) is 42.6 Å². The van der Waals surface area contributed by atoms with Crippen molar-refractivity contribution < 1.29 is 9.59 Å². The van der Waals surface area contributed by atoms with E-state index in [1.54, 1.807) is 6.07 Å². The van der Waals surface area contributed by atoms with Crippen molar-refractivity contribution in [3.63, 3.8) is 0 Å². The average Bonchev–Trinajstić information content (AvgIpc) is 2.58. The van der Waals surface area contributed by atoms with Crippen molar-refractivity contribution >= 4 is 23.5 Å². The Kier molecular flexibility index (Phi) is 5.31. The monoisotopic (exact) mass is 389 g/mol. The Hall–Kier alpha value is -1.75. The molecule has 5 rings (SSSR count). The van der Waals surface area contributed by atoms with Crippen molar-refractivity contribution in [1.82, 2.24) is 16.0 Å². The summed E-state index contributed by atoms with van der Waals surface area (Å²) in [6.07, 6.45) is 7.74. The summed E-state index contributed by atoms with van der Waals surface area (Å²) < 4.78 is 0. The van der Waals surface area contributed by atoms with Crippen LogP contribution in [0.2, 0.25) is 5.02 Å². The van der Waals surface area contributed by atoms with Crippen LogP contribution in [0, 0.1) is 17.8 Å². The molecule has 0 unspecified atom stereocenters.